The Morgan fingerprint density at radius 3 is 2.33 bits per heavy atom. The highest BCUT2D eigenvalue weighted by molar-refractivity contribution is 7.99. The van der Waals surface area contributed by atoms with Crippen molar-refractivity contribution in [3.8, 4) is 16.9 Å². The van der Waals surface area contributed by atoms with Crippen LogP contribution in [-0.4, -0.2) is 45.2 Å². The van der Waals surface area contributed by atoms with Gasteiger partial charge in [-0.2, -0.15) is 30.0 Å². The SMILES string of the molecule is O=C(c1ccc(-c2cc(C(F)(F)F)nn2-c2ccccc2Cl)cc1)N1CCSCC1. The molecule has 1 saturated heterocycles. The molecule has 0 N–H and O–H groups in total. The van der Waals surface area contributed by atoms with Crippen molar-refractivity contribution < 1.29 is 18.0 Å². The fraction of sp³-hybridized carbons (Fsp3) is 0.238. The largest absolute Gasteiger partial charge is 0.435 e. The normalized spacial score (nSPS) is 14.7. The molecule has 2 aromatic carbocycles. The summed E-state index contributed by atoms with van der Waals surface area (Å²) in [5, 5.41) is 4.03. The number of thioether (sulfide) groups is 1. The molecular formula is C21H17ClF3N3OS. The Bertz CT molecular complexity index is 1060. The number of amides is 1. The number of hydrogen-bond donors (Lipinski definition) is 0. The molecule has 3 aromatic rings. The molecule has 0 unspecified atom stereocenters. The highest BCUT2D eigenvalue weighted by Gasteiger charge is 2.35. The fourth-order valence-corrected chi connectivity index (χ4v) is 4.38. The molecule has 1 aliphatic heterocycles. The first-order chi connectivity index (χ1) is 14.3. The minimum atomic E-state index is -4.59. The van der Waals surface area contributed by atoms with Gasteiger partial charge in [0.25, 0.3) is 5.91 Å². The quantitative estimate of drug-likeness (QED) is 0.535. The molecule has 2 heterocycles. The van der Waals surface area contributed by atoms with Crippen LogP contribution in [0.25, 0.3) is 16.9 Å². The number of halogens is 4. The topological polar surface area (TPSA) is 38.1 Å². The third-order valence-electron chi connectivity index (χ3n) is 4.81. The Kier molecular flexibility index (Phi) is 5.79. The van der Waals surface area contributed by atoms with Gasteiger partial charge in [0.2, 0.25) is 0 Å². The van der Waals surface area contributed by atoms with Crippen molar-refractivity contribution >= 4 is 29.3 Å². The van der Waals surface area contributed by atoms with Crippen LogP contribution in [0.5, 0.6) is 0 Å². The van der Waals surface area contributed by atoms with E-state index in [1.54, 1.807) is 53.4 Å². The Hall–Kier alpha value is -2.45. The third-order valence-corrected chi connectivity index (χ3v) is 6.07. The number of carbonyl (C=O) groups is 1. The number of rotatable bonds is 3. The molecular weight excluding hydrogens is 435 g/mol. The van der Waals surface area contributed by atoms with Crippen molar-refractivity contribution in [1.29, 1.82) is 0 Å². The Balaban J connectivity index is 1.72. The summed E-state index contributed by atoms with van der Waals surface area (Å²) < 4.78 is 41.2. The molecule has 156 valence electrons. The van der Waals surface area contributed by atoms with Gasteiger partial charge in [0, 0.05) is 35.7 Å². The molecule has 4 nitrogen and oxygen atoms in total. The van der Waals surface area contributed by atoms with Crippen LogP contribution in [0.2, 0.25) is 5.02 Å². The van der Waals surface area contributed by atoms with Gasteiger partial charge in [-0.15, -0.1) is 0 Å². The van der Waals surface area contributed by atoms with Crippen LogP contribution in [0.4, 0.5) is 13.2 Å². The summed E-state index contributed by atoms with van der Waals surface area (Å²) in [4.78, 5) is 14.4. The molecule has 0 radical (unpaired) electrons. The van der Waals surface area contributed by atoms with E-state index in [2.05, 4.69) is 5.10 Å². The van der Waals surface area contributed by atoms with E-state index in [9.17, 15) is 18.0 Å². The maximum Gasteiger partial charge on any atom is 0.435 e. The standard InChI is InChI=1S/C21H17ClF3N3OS/c22-16-3-1-2-4-17(16)28-18(13-19(26-28)21(23,24)25)14-5-7-15(8-6-14)20(29)27-9-11-30-12-10-27/h1-8,13H,9-12H2. The molecule has 1 amide bonds. The van der Waals surface area contributed by atoms with Crippen molar-refractivity contribution in [1.82, 2.24) is 14.7 Å². The van der Waals surface area contributed by atoms with E-state index in [-0.39, 0.29) is 16.6 Å². The maximum atomic E-state index is 13.3. The predicted molar refractivity (Wildman–Crippen MR) is 112 cm³/mol. The zero-order chi connectivity index (χ0) is 21.3. The van der Waals surface area contributed by atoms with Gasteiger partial charge in [0.1, 0.15) is 0 Å². The van der Waals surface area contributed by atoms with Gasteiger partial charge in [0.05, 0.1) is 16.4 Å². The second kappa shape index (κ2) is 8.35. The molecule has 0 bridgehead atoms. The summed E-state index contributed by atoms with van der Waals surface area (Å²) >= 11 is 8.01. The zero-order valence-electron chi connectivity index (χ0n) is 15.7. The first-order valence-corrected chi connectivity index (χ1v) is 10.8. The number of benzene rings is 2. The molecule has 1 aromatic heterocycles. The van der Waals surface area contributed by atoms with Gasteiger partial charge >= 0.3 is 6.18 Å². The Labute approximate surface area is 180 Å². The highest BCUT2D eigenvalue weighted by Crippen LogP contribution is 2.34. The second-order valence-corrected chi connectivity index (χ2v) is 8.39. The lowest BCUT2D eigenvalue weighted by Crippen LogP contribution is -2.37. The van der Waals surface area contributed by atoms with E-state index in [0.29, 0.717) is 29.9 Å². The Morgan fingerprint density at radius 2 is 1.70 bits per heavy atom. The van der Waals surface area contributed by atoms with Crippen LogP contribution in [-0.2, 0) is 6.18 Å². The Morgan fingerprint density at radius 1 is 1.03 bits per heavy atom. The van der Waals surface area contributed by atoms with Crippen LogP contribution >= 0.6 is 23.4 Å². The lowest BCUT2D eigenvalue weighted by Gasteiger charge is -2.26. The van der Waals surface area contributed by atoms with E-state index in [4.69, 9.17) is 11.6 Å². The number of nitrogens with zero attached hydrogens (tertiary/aromatic N) is 3. The molecule has 0 saturated carbocycles. The summed E-state index contributed by atoms with van der Waals surface area (Å²) in [5.74, 6) is 1.74. The van der Waals surface area contributed by atoms with Gasteiger partial charge in [0.15, 0.2) is 5.69 Å². The first kappa shape index (κ1) is 20.8. The van der Waals surface area contributed by atoms with Crippen LogP contribution < -0.4 is 0 Å². The predicted octanol–water partition coefficient (Wildman–Crippen LogP) is 5.40. The van der Waals surface area contributed by atoms with Crippen LogP contribution in [0, 0.1) is 0 Å². The van der Waals surface area contributed by atoms with E-state index < -0.39 is 11.9 Å². The molecule has 0 atom stereocenters. The van der Waals surface area contributed by atoms with Gasteiger partial charge in [-0.3, -0.25) is 4.79 Å². The van der Waals surface area contributed by atoms with Crippen molar-refractivity contribution in [2.45, 2.75) is 6.18 Å². The fourth-order valence-electron chi connectivity index (χ4n) is 3.26. The average molecular weight is 452 g/mol. The average Bonchev–Trinajstić information content (AvgIpc) is 3.20. The van der Waals surface area contributed by atoms with Crippen LogP contribution in [0.15, 0.2) is 54.6 Å². The highest BCUT2D eigenvalue weighted by atomic mass is 35.5. The van der Waals surface area contributed by atoms with Crippen molar-refractivity contribution in [3.05, 3.63) is 70.9 Å². The molecule has 0 spiro atoms. The van der Waals surface area contributed by atoms with Crippen molar-refractivity contribution in [2.75, 3.05) is 24.6 Å². The van der Waals surface area contributed by atoms with Gasteiger partial charge in [-0.25, -0.2) is 4.68 Å². The summed E-state index contributed by atoms with van der Waals surface area (Å²) in [6.45, 7) is 1.39. The van der Waals surface area contributed by atoms with Crippen molar-refractivity contribution in [3.63, 3.8) is 0 Å². The van der Waals surface area contributed by atoms with Crippen LogP contribution in [0.1, 0.15) is 16.1 Å². The number of hydrogen-bond acceptors (Lipinski definition) is 3. The molecule has 4 rings (SSSR count). The van der Waals surface area contributed by atoms with Gasteiger partial charge < -0.3 is 4.90 Å². The van der Waals surface area contributed by atoms with E-state index >= 15 is 0 Å². The number of para-hydroxylation sites is 1. The van der Waals surface area contributed by atoms with Crippen LogP contribution in [0.3, 0.4) is 0 Å². The maximum absolute atomic E-state index is 13.3. The summed E-state index contributed by atoms with van der Waals surface area (Å²) in [6, 6.07) is 14.1. The zero-order valence-corrected chi connectivity index (χ0v) is 17.3. The molecule has 1 aliphatic rings. The smallest absolute Gasteiger partial charge is 0.337 e. The minimum Gasteiger partial charge on any atom is -0.337 e. The number of carbonyl (C=O) groups excluding carboxylic acids is 1. The van der Waals surface area contributed by atoms with Gasteiger partial charge in [-0.05, 0) is 30.3 Å². The molecule has 30 heavy (non-hydrogen) atoms. The van der Waals surface area contributed by atoms with Crippen molar-refractivity contribution in [2.24, 2.45) is 0 Å². The molecule has 0 aliphatic carbocycles. The summed E-state index contributed by atoms with van der Waals surface area (Å²) in [7, 11) is 0. The lowest BCUT2D eigenvalue weighted by molar-refractivity contribution is -0.141. The van der Waals surface area contributed by atoms with Gasteiger partial charge in [-0.1, -0.05) is 35.9 Å². The summed E-state index contributed by atoms with van der Waals surface area (Å²) in [6.07, 6.45) is -4.59. The molecule has 1 fully saturated rings. The van der Waals surface area contributed by atoms with E-state index in [1.807, 2.05) is 11.8 Å². The van der Waals surface area contributed by atoms with E-state index in [1.165, 1.54) is 4.68 Å². The molecule has 9 heteroatoms. The van der Waals surface area contributed by atoms with E-state index in [0.717, 1.165) is 17.6 Å². The monoisotopic (exact) mass is 451 g/mol. The number of aromatic nitrogens is 2. The second-order valence-electron chi connectivity index (χ2n) is 6.76. The summed E-state index contributed by atoms with van der Waals surface area (Å²) in [5.41, 5.74) is 0.581. The third kappa shape index (κ3) is 4.20. The number of alkyl halides is 3. The first-order valence-electron chi connectivity index (χ1n) is 9.24. The lowest BCUT2D eigenvalue weighted by atomic mass is 10.1. The minimum absolute atomic E-state index is 0.0718.